The topological polar surface area (TPSA) is 87.6 Å². The van der Waals surface area contributed by atoms with Gasteiger partial charge in [-0.3, -0.25) is 0 Å². The van der Waals surface area contributed by atoms with E-state index in [0.717, 1.165) is 5.69 Å². The Morgan fingerprint density at radius 1 is 1.00 bits per heavy atom. The molecule has 0 aliphatic heterocycles. The fraction of sp³-hybridized carbons (Fsp3) is 0.0714. The monoisotopic (exact) mass is 260 g/mol. The van der Waals surface area contributed by atoms with E-state index in [0.29, 0.717) is 11.3 Å². The predicted molar refractivity (Wildman–Crippen MR) is 73.5 cm³/mol. The van der Waals surface area contributed by atoms with Gasteiger partial charge in [-0.1, -0.05) is 30.3 Å². The maximum Gasteiger partial charge on any atom is 0.360 e. The van der Waals surface area contributed by atoms with Crippen LogP contribution in [0.25, 0.3) is 0 Å². The van der Waals surface area contributed by atoms with Crippen LogP contribution < -0.4 is 16.4 Å². The molecule has 19 heavy (non-hydrogen) atoms. The summed E-state index contributed by atoms with van der Waals surface area (Å²) in [7, 11) is 1.47. The molecule has 0 aliphatic carbocycles. The minimum atomic E-state index is -0.604. The Hall–Kier alpha value is -2.53. The van der Waals surface area contributed by atoms with Gasteiger partial charge in [-0.15, -0.1) is 0 Å². The van der Waals surface area contributed by atoms with E-state index >= 15 is 0 Å². The van der Waals surface area contributed by atoms with Crippen molar-refractivity contribution in [3.63, 3.8) is 0 Å². The van der Waals surface area contributed by atoms with Crippen molar-refractivity contribution in [3.8, 4) is 5.75 Å². The molecule has 0 radical (unpaired) electrons. The van der Waals surface area contributed by atoms with Gasteiger partial charge in [0.2, 0.25) is 0 Å². The minimum absolute atomic E-state index is 0.322. The first-order chi connectivity index (χ1) is 9.19. The van der Waals surface area contributed by atoms with Crippen LogP contribution >= 0.6 is 0 Å². The number of carbonyl (C=O) groups excluding carboxylic acids is 1. The van der Waals surface area contributed by atoms with E-state index in [-0.39, 0.29) is 0 Å². The zero-order valence-electron chi connectivity index (χ0n) is 10.6. The number of hydrogen-bond acceptors (Lipinski definition) is 5. The van der Waals surface area contributed by atoms with Gasteiger partial charge in [0.1, 0.15) is 11.3 Å². The van der Waals surface area contributed by atoms with Gasteiger partial charge in [0.05, 0.1) is 7.11 Å². The third-order valence-electron chi connectivity index (χ3n) is 2.23. The third kappa shape index (κ3) is 4.69. The highest BCUT2D eigenvalue weighted by Gasteiger charge is 2.10. The number of nitrogen functional groups attached to an aromatic ring is 1. The van der Waals surface area contributed by atoms with Crippen molar-refractivity contribution in [1.82, 2.24) is 0 Å². The van der Waals surface area contributed by atoms with Crippen LogP contribution in [-0.4, -0.2) is 13.1 Å². The second-order valence-corrected chi connectivity index (χ2v) is 3.52. The van der Waals surface area contributed by atoms with E-state index in [1.54, 1.807) is 24.3 Å². The molecule has 0 unspecified atom stereocenters. The highest BCUT2D eigenvalue weighted by molar-refractivity contribution is 5.92. The van der Waals surface area contributed by atoms with Crippen molar-refractivity contribution in [3.05, 3.63) is 60.2 Å². The summed E-state index contributed by atoms with van der Waals surface area (Å²) >= 11 is 0. The van der Waals surface area contributed by atoms with Crippen LogP contribution in [0.15, 0.2) is 54.6 Å². The zero-order chi connectivity index (χ0) is 14.1. The van der Waals surface area contributed by atoms with Gasteiger partial charge in [-0.2, -0.15) is 5.90 Å². The van der Waals surface area contributed by atoms with Gasteiger partial charge in [0.25, 0.3) is 0 Å². The van der Waals surface area contributed by atoms with Crippen LogP contribution in [0.2, 0.25) is 0 Å². The maximum absolute atomic E-state index is 11.0. The molecular weight excluding hydrogens is 244 g/mol. The summed E-state index contributed by atoms with van der Waals surface area (Å²) in [6.07, 6.45) is 0. The Balaban J connectivity index is 0.000000218. The quantitative estimate of drug-likeness (QED) is 0.637. The van der Waals surface area contributed by atoms with Crippen molar-refractivity contribution in [2.45, 2.75) is 0 Å². The number of para-hydroxylation sites is 2. The van der Waals surface area contributed by atoms with E-state index in [4.69, 9.17) is 16.4 Å². The lowest BCUT2D eigenvalue weighted by atomic mass is 10.2. The lowest BCUT2D eigenvalue weighted by Crippen LogP contribution is -2.11. The van der Waals surface area contributed by atoms with Gasteiger partial charge in [-0.05, 0) is 24.3 Å². The number of rotatable bonds is 2. The van der Waals surface area contributed by atoms with E-state index in [9.17, 15) is 4.79 Å². The van der Waals surface area contributed by atoms with Gasteiger partial charge >= 0.3 is 5.97 Å². The number of carbonyl (C=O) groups is 1. The normalized spacial score (nSPS) is 8.95. The van der Waals surface area contributed by atoms with Crippen molar-refractivity contribution < 1.29 is 14.4 Å². The second kappa shape index (κ2) is 7.73. The molecule has 4 N–H and O–H groups in total. The summed E-state index contributed by atoms with van der Waals surface area (Å²) in [4.78, 5) is 15.0. The van der Waals surface area contributed by atoms with Crippen LogP contribution in [0, 0.1) is 0 Å². The molecule has 0 saturated heterocycles. The number of anilines is 1. The second-order valence-electron chi connectivity index (χ2n) is 3.52. The highest BCUT2D eigenvalue weighted by atomic mass is 16.7. The molecule has 2 aromatic carbocycles. The van der Waals surface area contributed by atoms with E-state index in [1.807, 2.05) is 30.3 Å². The minimum Gasteiger partial charge on any atom is -0.496 e. The Morgan fingerprint density at radius 3 is 2.05 bits per heavy atom. The zero-order valence-corrected chi connectivity index (χ0v) is 10.6. The van der Waals surface area contributed by atoms with Crippen LogP contribution in [-0.2, 0) is 4.84 Å². The molecule has 0 heterocycles. The molecule has 0 atom stereocenters. The Labute approximate surface area is 111 Å². The van der Waals surface area contributed by atoms with E-state index in [1.165, 1.54) is 7.11 Å². The lowest BCUT2D eigenvalue weighted by Gasteiger charge is -2.04. The number of benzene rings is 2. The van der Waals surface area contributed by atoms with Crippen molar-refractivity contribution in [2.75, 3.05) is 12.8 Å². The summed E-state index contributed by atoms with van der Waals surface area (Å²) in [5.74, 6) is 4.57. The molecule has 5 heteroatoms. The van der Waals surface area contributed by atoms with Crippen LogP contribution in [0.3, 0.4) is 0 Å². The fourth-order valence-electron chi connectivity index (χ4n) is 1.33. The first kappa shape index (κ1) is 14.5. The molecule has 0 saturated carbocycles. The Bertz CT molecular complexity index is 515. The van der Waals surface area contributed by atoms with Gasteiger partial charge < -0.3 is 15.3 Å². The van der Waals surface area contributed by atoms with Crippen molar-refractivity contribution >= 4 is 11.7 Å². The summed E-state index contributed by atoms with van der Waals surface area (Å²) in [5, 5.41) is 0. The molecule has 2 aromatic rings. The SMILES string of the molecule is COc1ccccc1C(=O)ON.Nc1ccccc1. The first-order valence-corrected chi connectivity index (χ1v) is 5.53. The predicted octanol–water partition coefficient (Wildman–Crippen LogP) is 1.99. The number of hydrogen-bond donors (Lipinski definition) is 2. The van der Waals surface area contributed by atoms with Gasteiger partial charge in [0, 0.05) is 5.69 Å². The Kier molecular flexibility index (Phi) is 5.91. The fourth-order valence-corrected chi connectivity index (χ4v) is 1.33. The standard InChI is InChI=1S/C8H9NO3.C6H7N/c1-11-7-5-3-2-4-6(7)8(10)12-9;7-6-4-2-1-3-5-6/h2-5H,9H2,1H3;1-5H,7H2. The first-order valence-electron chi connectivity index (χ1n) is 5.53. The largest absolute Gasteiger partial charge is 0.496 e. The lowest BCUT2D eigenvalue weighted by molar-refractivity contribution is 0.0500. The molecule has 0 fully saturated rings. The third-order valence-corrected chi connectivity index (χ3v) is 2.23. The maximum atomic E-state index is 11.0. The van der Waals surface area contributed by atoms with Crippen molar-refractivity contribution in [2.24, 2.45) is 5.90 Å². The highest BCUT2D eigenvalue weighted by Crippen LogP contribution is 2.17. The molecule has 0 bridgehead atoms. The average molecular weight is 260 g/mol. The summed E-state index contributed by atoms with van der Waals surface area (Å²) < 4.78 is 4.91. The molecular formula is C14H16N2O3. The summed E-state index contributed by atoms with van der Waals surface area (Å²) in [6, 6.07) is 16.2. The van der Waals surface area contributed by atoms with Gasteiger partial charge in [0.15, 0.2) is 0 Å². The van der Waals surface area contributed by atoms with Crippen molar-refractivity contribution in [1.29, 1.82) is 0 Å². The molecule has 0 aromatic heterocycles. The molecule has 0 spiro atoms. The number of methoxy groups -OCH3 is 1. The van der Waals surface area contributed by atoms with Crippen LogP contribution in [0.1, 0.15) is 10.4 Å². The molecule has 2 rings (SSSR count). The smallest absolute Gasteiger partial charge is 0.360 e. The van der Waals surface area contributed by atoms with Gasteiger partial charge in [-0.25, -0.2) is 4.79 Å². The summed E-state index contributed by atoms with van der Waals surface area (Å²) in [6.45, 7) is 0. The van der Waals surface area contributed by atoms with Crippen LogP contribution in [0.5, 0.6) is 5.75 Å². The molecule has 5 nitrogen and oxygen atoms in total. The molecule has 100 valence electrons. The van der Waals surface area contributed by atoms with E-state index < -0.39 is 5.97 Å². The summed E-state index contributed by atoms with van der Waals surface area (Å²) in [5.41, 5.74) is 6.50. The number of ether oxygens (including phenoxy) is 1. The number of nitrogens with two attached hydrogens (primary N) is 2. The molecule has 0 amide bonds. The molecule has 0 aliphatic rings. The Morgan fingerprint density at radius 2 is 1.58 bits per heavy atom. The average Bonchev–Trinajstić information content (AvgIpc) is 2.48. The van der Waals surface area contributed by atoms with Crippen LogP contribution in [0.4, 0.5) is 5.69 Å². The van der Waals surface area contributed by atoms with E-state index in [2.05, 4.69) is 4.84 Å².